The zero-order valence-electron chi connectivity index (χ0n) is 23.8. The molecule has 1 fully saturated rings. The van der Waals surface area contributed by atoms with Crippen molar-refractivity contribution in [2.45, 2.75) is 43.7 Å². The van der Waals surface area contributed by atoms with Gasteiger partial charge in [0.05, 0.1) is 6.61 Å². The highest BCUT2D eigenvalue weighted by molar-refractivity contribution is 7.72. The Balaban J connectivity index is 1.56. The molecule has 0 spiro atoms. The molecule has 1 aliphatic rings. The molecule has 0 bridgehead atoms. The fraction of sp³-hybridized carbons (Fsp3) is 0.394. The summed E-state index contributed by atoms with van der Waals surface area (Å²) in [5, 5.41) is 12.8. The third-order valence-corrected chi connectivity index (χ3v) is 8.05. The summed E-state index contributed by atoms with van der Waals surface area (Å²) in [5.74, 6) is 6.82. The Labute approximate surface area is 244 Å². The second-order valence-corrected chi connectivity index (χ2v) is 12.1. The van der Waals surface area contributed by atoms with Crippen molar-refractivity contribution in [1.82, 2.24) is 10.2 Å². The predicted octanol–water partition coefficient (Wildman–Crippen LogP) is 4.56. The summed E-state index contributed by atoms with van der Waals surface area (Å²) < 4.78 is 44.3. The molecule has 2 N–H and O–H groups in total. The smallest absolute Gasteiger partial charge is 0.171 e. The molecule has 0 aromatic heterocycles. The van der Waals surface area contributed by atoms with E-state index in [2.05, 4.69) is 36.0 Å². The number of hydrogen-bond acceptors (Lipinski definition) is 6. The standard InChI is InChI=1S/C33H39FN2O4S/c1-23(19-35-24(2)22-37)32(21-36(3)20-27-9-10-27)40-31-18-29(15-16-33(31)41(38)39)28-13-11-25(12-14-28)7-8-26-5-4-6-30(34)17-26/h4-6,11-18,23-24,27,32,35,37,41H,9-10,19-22H2,1-3H3/t23-,24-,32-/m0/s1. The molecule has 0 saturated heterocycles. The van der Waals surface area contributed by atoms with Crippen LogP contribution in [0.3, 0.4) is 0 Å². The summed E-state index contributed by atoms with van der Waals surface area (Å²) in [5.41, 5.74) is 3.11. The van der Waals surface area contributed by atoms with Gasteiger partial charge in [-0.05, 0) is 86.3 Å². The number of aliphatic hydroxyl groups is 1. The minimum Gasteiger partial charge on any atom is -0.487 e. The first-order valence-corrected chi connectivity index (χ1v) is 15.3. The van der Waals surface area contributed by atoms with Crippen molar-refractivity contribution in [2.24, 2.45) is 11.8 Å². The molecule has 1 aliphatic carbocycles. The van der Waals surface area contributed by atoms with Gasteiger partial charge in [-0.25, -0.2) is 12.8 Å². The van der Waals surface area contributed by atoms with E-state index >= 15 is 0 Å². The maximum absolute atomic E-state index is 13.4. The second kappa shape index (κ2) is 14.6. The van der Waals surface area contributed by atoms with Gasteiger partial charge >= 0.3 is 0 Å². The van der Waals surface area contributed by atoms with E-state index in [1.807, 2.05) is 31.2 Å². The van der Waals surface area contributed by atoms with Crippen LogP contribution in [-0.2, 0) is 10.7 Å². The first-order chi connectivity index (χ1) is 19.7. The third-order valence-electron chi connectivity index (χ3n) is 7.28. The van der Waals surface area contributed by atoms with Crippen molar-refractivity contribution in [3.8, 4) is 28.7 Å². The lowest BCUT2D eigenvalue weighted by Gasteiger charge is -2.30. The van der Waals surface area contributed by atoms with Crippen molar-refractivity contribution in [1.29, 1.82) is 0 Å². The van der Waals surface area contributed by atoms with Gasteiger partial charge in [-0.1, -0.05) is 43.0 Å². The molecule has 8 heteroatoms. The molecule has 4 rings (SSSR count). The summed E-state index contributed by atoms with van der Waals surface area (Å²) >= 11 is 0. The van der Waals surface area contributed by atoms with E-state index in [4.69, 9.17) is 4.74 Å². The lowest BCUT2D eigenvalue weighted by molar-refractivity contribution is 0.0934. The topological polar surface area (TPSA) is 78.9 Å². The van der Waals surface area contributed by atoms with Crippen LogP contribution in [-0.4, -0.2) is 63.9 Å². The quantitative estimate of drug-likeness (QED) is 0.204. The Morgan fingerprint density at radius 1 is 1.02 bits per heavy atom. The van der Waals surface area contributed by atoms with Crippen molar-refractivity contribution in [3.05, 3.63) is 83.7 Å². The highest BCUT2D eigenvalue weighted by Crippen LogP contribution is 2.32. The number of halogens is 1. The van der Waals surface area contributed by atoms with Crippen LogP contribution < -0.4 is 10.1 Å². The highest BCUT2D eigenvalue weighted by Gasteiger charge is 2.27. The molecular formula is C33H39FN2O4S. The molecule has 3 aromatic carbocycles. The largest absolute Gasteiger partial charge is 0.487 e. The van der Waals surface area contributed by atoms with E-state index in [0.29, 0.717) is 24.4 Å². The number of likely N-dealkylation sites (N-methyl/N-ethyl adjacent to an activating group) is 1. The number of nitrogens with one attached hydrogen (secondary N) is 1. The minimum atomic E-state index is -2.86. The maximum Gasteiger partial charge on any atom is 0.171 e. The van der Waals surface area contributed by atoms with Gasteiger partial charge in [-0.3, -0.25) is 0 Å². The van der Waals surface area contributed by atoms with Crippen LogP contribution in [0, 0.1) is 29.5 Å². The molecule has 6 nitrogen and oxygen atoms in total. The number of nitrogens with zero attached hydrogens (tertiary/aromatic N) is 1. The van der Waals surface area contributed by atoms with Gasteiger partial charge in [0.2, 0.25) is 0 Å². The molecule has 0 heterocycles. The molecule has 3 atom stereocenters. The Bertz CT molecular complexity index is 1440. The average molecular weight is 579 g/mol. The van der Waals surface area contributed by atoms with Gasteiger partial charge in [0.15, 0.2) is 10.7 Å². The monoisotopic (exact) mass is 578 g/mol. The Morgan fingerprint density at radius 2 is 1.73 bits per heavy atom. The molecule has 3 aromatic rings. The first kappa shape index (κ1) is 30.7. The van der Waals surface area contributed by atoms with Gasteiger partial charge in [-0.2, -0.15) is 0 Å². The highest BCUT2D eigenvalue weighted by atomic mass is 32.2. The molecule has 0 radical (unpaired) electrons. The maximum atomic E-state index is 13.4. The number of thiol groups is 1. The number of ether oxygens (including phenoxy) is 1. The van der Waals surface area contributed by atoms with Gasteiger partial charge in [0, 0.05) is 42.7 Å². The van der Waals surface area contributed by atoms with Crippen LogP contribution in [0.25, 0.3) is 11.1 Å². The number of rotatable bonds is 13. The van der Waals surface area contributed by atoms with Crippen LogP contribution >= 0.6 is 0 Å². The third kappa shape index (κ3) is 9.40. The van der Waals surface area contributed by atoms with E-state index in [-0.39, 0.29) is 35.4 Å². The van der Waals surface area contributed by atoms with Gasteiger partial charge in [0.1, 0.15) is 22.6 Å². The fourth-order valence-corrected chi connectivity index (χ4v) is 5.09. The normalized spacial score (nSPS) is 15.3. The minimum absolute atomic E-state index is 0.0395. The molecule has 0 unspecified atom stereocenters. The molecule has 0 aliphatic heterocycles. The SMILES string of the molecule is C[C@@H](CO)NC[C@H](C)[C@H](CN(C)CC1CC1)Oc1cc(-c2ccc(C#Cc3cccc(F)c3)cc2)ccc1[SH](=O)=O. The average Bonchev–Trinajstić information content (AvgIpc) is 3.78. The summed E-state index contributed by atoms with van der Waals surface area (Å²) in [6.07, 6.45) is 2.24. The second-order valence-electron chi connectivity index (χ2n) is 11.1. The van der Waals surface area contributed by atoms with Gasteiger partial charge < -0.3 is 20.1 Å². The Kier molecular flexibility index (Phi) is 10.9. The lowest BCUT2D eigenvalue weighted by atomic mass is 10.0. The molecular weight excluding hydrogens is 539 g/mol. The van der Waals surface area contributed by atoms with E-state index in [0.717, 1.165) is 29.2 Å². The molecule has 1 saturated carbocycles. The lowest BCUT2D eigenvalue weighted by Crippen LogP contribution is -2.44. The summed E-state index contributed by atoms with van der Waals surface area (Å²) in [4.78, 5) is 2.42. The first-order valence-electron chi connectivity index (χ1n) is 14.1. The molecule has 41 heavy (non-hydrogen) atoms. The van der Waals surface area contributed by atoms with Crippen LogP contribution in [0.15, 0.2) is 71.6 Å². The Hall–Kier alpha value is -3.22. The van der Waals surface area contributed by atoms with Crippen LogP contribution in [0.4, 0.5) is 4.39 Å². The zero-order chi connectivity index (χ0) is 29.4. The van der Waals surface area contributed by atoms with E-state index < -0.39 is 10.7 Å². The van der Waals surface area contributed by atoms with E-state index in [1.165, 1.54) is 25.0 Å². The predicted molar refractivity (Wildman–Crippen MR) is 161 cm³/mol. The number of benzene rings is 3. The van der Waals surface area contributed by atoms with Crippen LogP contribution in [0.5, 0.6) is 5.75 Å². The number of aliphatic hydroxyl groups excluding tert-OH is 1. The van der Waals surface area contributed by atoms with Crippen molar-refractivity contribution in [3.63, 3.8) is 0 Å². The van der Waals surface area contributed by atoms with E-state index in [1.54, 1.807) is 30.3 Å². The van der Waals surface area contributed by atoms with Crippen molar-refractivity contribution in [2.75, 3.05) is 33.3 Å². The van der Waals surface area contributed by atoms with Crippen LogP contribution in [0.1, 0.15) is 37.8 Å². The zero-order valence-corrected chi connectivity index (χ0v) is 24.7. The summed E-state index contributed by atoms with van der Waals surface area (Å²) in [6, 6.07) is 18.9. The van der Waals surface area contributed by atoms with Gasteiger partial charge in [0.25, 0.3) is 0 Å². The summed E-state index contributed by atoms with van der Waals surface area (Å²) in [6.45, 7) is 6.31. The van der Waals surface area contributed by atoms with Gasteiger partial charge in [-0.15, -0.1) is 0 Å². The van der Waals surface area contributed by atoms with Crippen molar-refractivity contribution >= 4 is 10.7 Å². The van der Waals surface area contributed by atoms with Crippen LogP contribution in [0.2, 0.25) is 0 Å². The molecule has 0 amide bonds. The molecule has 218 valence electrons. The van der Waals surface area contributed by atoms with Crippen molar-refractivity contribution < 1.29 is 22.7 Å². The van der Waals surface area contributed by atoms with E-state index in [9.17, 15) is 17.9 Å². The Morgan fingerprint density at radius 3 is 2.39 bits per heavy atom. The number of hydrogen-bond donors (Lipinski definition) is 3. The fourth-order valence-electron chi connectivity index (χ4n) is 4.60. The summed E-state index contributed by atoms with van der Waals surface area (Å²) in [7, 11) is -0.781.